The SMILES string of the molecule is CCCCCCCCCCCCCCOC(=O)[C@H](Cc1cc(F)cc(F)c1)NP(=O)(OC[C@@]1(C)O[C@@H](n2cnc3c(N)nc(F)nc32)C[C@@H]1O)Oc1ccccc1. The van der Waals surface area contributed by atoms with Gasteiger partial charge in [-0.05, 0) is 49.6 Å². The summed E-state index contributed by atoms with van der Waals surface area (Å²) in [6, 6.07) is 9.43. The average Bonchev–Trinajstić information content (AvgIpc) is 3.72. The van der Waals surface area contributed by atoms with Crippen LogP contribution in [0.25, 0.3) is 11.2 Å². The Bertz CT molecular complexity index is 1920. The summed E-state index contributed by atoms with van der Waals surface area (Å²) in [6.07, 6.45) is 11.3. The molecule has 1 aliphatic heterocycles. The molecular formula is C40H54F3N6O7P. The molecule has 0 bridgehead atoms. The minimum atomic E-state index is -4.57. The minimum absolute atomic E-state index is 0.0205. The zero-order valence-corrected chi connectivity index (χ0v) is 33.5. The highest BCUT2D eigenvalue weighted by atomic mass is 31.2. The third-order valence-corrected chi connectivity index (χ3v) is 11.5. The fraction of sp³-hybridized carbons (Fsp3) is 0.550. The average molecular weight is 819 g/mol. The van der Waals surface area contributed by atoms with Gasteiger partial charge in [-0.15, -0.1) is 0 Å². The van der Waals surface area contributed by atoms with Crippen LogP contribution in [-0.2, 0) is 29.8 Å². The third-order valence-electron chi connectivity index (χ3n) is 9.96. The van der Waals surface area contributed by atoms with Crippen LogP contribution in [0.15, 0.2) is 54.9 Å². The number of halogens is 3. The Kier molecular flexibility index (Phi) is 16.3. The number of unbranched alkanes of at least 4 members (excludes halogenated alkanes) is 11. The number of anilines is 1. The number of imidazole rings is 1. The normalized spacial score (nSPS) is 19.8. The highest BCUT2D eigenvalue weighted by molar-refractivity contribution is 7.52. The maximum atomic E-state index is 14.6. The van der Waals surface area contributed by atoms with Gasteiger partial charge in [0, 0.05) is 12.5 Å². The van der Waals surface area contributed by atoms with E-state index in [1.807, 2.05) is 0 Å². The lowest BCUT2D eigenvalue weighted by Gasteiger charge is -2.31. The van der Waals surface area contributed by atoms with Gasteiger partial charge in [-0.25, -0.2) is 18.3 Å². The van der Waals surface area contributed by atoms with Crippen LogP contribution < -0.4 is 15.3 Å². The van der Waals surface area contributed by atoms with E-state index in [0.29, 0.717) is 12.5 Å². The standard InChI is InChI=1S/C40H54F3N6O7P/c1-3-4-5-6-7-8-9-10-11-12-13-17-20-53-38(51)32(23-28-21-29(41)24-30(42)22-28)48-57(52,56-31-18-15-14-16-19-31)54-26-40(2)33(50)25-34(55-40)49-27-45-35-36(44)46-39(43)47-37(35)49/h14-16,18-19,21-22,24,27,32-34,50H,3-13,17,20,23,25-26H2,1-2H3,(H,48,52)(H2,44,46,47)/t32-,33-,34+,40+,57?/m0/s1. The quantitative estimate of drug-likeness (QED) is 0.0267. The molecule has 0 saturated carbocycles. The Balaban J connectivity index is 1.25. The molecule has 3 heterocycles. The number of ether oxygens (including phenoxy) is 2. The lowest BCUT2D eigenvalue weighted by molar-refractivity contribution is -0.146. The molecule has 312 valence electrons. The van der Waals surface area contributed by atoms with Crippen molar-refractivity contribution in [3.05, 3.63) is 78.1 Å². The van der Waals surface area contributed by atoms with Gasteiger partial charge < -0.3 is 24.8 Å². The number of hydrogen-bond donors (Lipinski definition) is 3. The number of carbonyl (C=O) groups is 1. The molecule has 4 aromatic rings. The van der Waals surface area contributed by atoms with Gasteiger partial charge in [0.05, 0.1) is 25.6 Å². The fourth-order valence-electron chi connectivity index (χ4n) is 6.78. The Labute approximate surface area is 331 Å². The number of rotatable bonds is 24. The third kappa shape index (κ3) is 13.0. The van der Waals surface area contributed by atoms with E-state index in [1.165, 1.54) is 74.9 Å². The molecule has 2 aromatic heterocycles. The van der Waals surface area contributed by atoms with E-state index in [1.54, 1.807) is 18.2 Å². The Morgan fingerprint density at radius 2 is 1.63 bits per heavy atom. The van der Waals surface area contributed by atoms with Crippen molar-refractivity contribution in [3.63, 3.8) is 0 Å². The Morgan fingerprint density at radius 3 is 2.28 bits per heavy atom. The van der Waals surface area contributed by atoms with Gasteiger partial charge in [0.1, 0.15) is 35.3 Å². The van der Waals surface area contributed by atoms with E-state index < -0.39 is 62.0 Å². The summed E-state index contributed by atoms with van der Waals surface area (Å²) in [5, 5.41) is 13.8. The number of nitrogens with zero attached hydrogens (tertiary/aromatic N) is 4. The van der Waals surface area contributed by atoms with Crippen molar-refractivity contribution in [3.8, 4) is 5.75 Å². The van der Waals surface area contributed by atoms with Crippen molar-refractivity contribution >= 4 is 30.7 Å². The van der Waals surface area contributed by atoms with Crippen LogP contribution >= 0.6 is 7.75 Å². The second kappa shape index (κ2) is 21.1. The smallest absolute Gasteiger partial charge is 0.459 e. The van der Waals surface area contributed by atoms with E-state index in [0.717, 1.165) is 37.8 Å². The molecule has 5 rings (SSSR count). The van der Waals surface area contributed by atoms with Crippen molar-refractivity contribution < 1.29 is 46.2 Å². The molecule has 17 heteroatoms. The molecule has 0 amide bonds. The van der Waals surface area contributed by atoms with Crippen LogP contribution in [0.4, 0.5) is 19.0 Å². The van der Waals surface area contributed by atoms with Crippen LogP contribution in [0.2, 0.25) is 0 Å². The van der Waals surface area contributed by atoms with Crippen molar-refractivity contribution in [1.82, 2.24) is 24.6 Å². The van der Waals surface area contributed by atoms with E-state index in [-0.39, 0.29) is 47.7 Å². The summed E-state index contributed by atoms with van der Waals surface area (Å²) >= 11 is 0. The number of para-hydroxylation sites is 1. The highest BCUT2D eigenvalue weighted by Gasteiger charge is 2.48. The molecule has 1 fully saturated rings. The van der Waals surface area contributed by atoms with Crippen LogP contribution in [-0.4, -0.2) is 61.6 Å². The van der Waals surface area contributed by atoms with Crippen molar-refractivity contribution in [1.29, 1.82) is 0 Å². The first-order valence-electron chi connectivity index (χ1n) is 19.8. The number of benzene rings is 2. The molecule has 57 heavy (non-hydrogen) atoms. The summed E-state index contributed by atoms with van der Waals surface area (Å²) in [7, 11) is -4.57. The zero-order chi connectivity index (χ0) is 40.8. The molecule has 1 aliphatic rings. The van der Waals surface area contributed by atoms with Gasteiger partial charge in [0.15, 0.2) is 17.0 Å². The fourth-order valence-corrected chi connectivity index (χ4v) is 8.36. The molecule has 1 saturated heterocycles. The maximum Gasteiger partial charge on any atom is 0.459 e. The van der Waals surface area contributed by atoms with Crippen LogP contribution in [0, 0.1) is 17.7 Å². The largest absolute Gasteiger partial charge is 0.465 e. The monoisotopic (exact) mass is 818 g/mol. The van der Waals surface area contributed by atoms with Crippen molar-refractivity contribution in [2.45, 2.75) is 128 Å². The zero-order valence-electron chi connectivity index (χ0n) is 32.6. The molecule has 4 N–H and O–H groups in total. The van der Waals surface area contributed by atoms with Gasteiger partial charge >= 0.3 is 19.8 Å². The predicted octanol–water partition coefficient (Wildman–Crippen LogP) is 8.51. The second-order valence-electron chi connectivity index (χ2n) is 14.7. The molecular weight excluding hydrogens is 764 g/mol. The Hall–Kier alpha value is -4.08. The first-order valence-corrected chi connectivity index (χ1v) is 21.3. The lowest BCUT2D eigenvalue weighted by Crippen LogP contribution is -2.43. The highest BCUT2D eigenvalue weighted by Crippen LogP contribution is 2.48. The topological polar surface area (TPSA) is 173 Å². The van der Waals surface area contributed by atoms with Gasteiger partial charge in [-0.3, -0.25) is 13.9 Å². The van der Waals surface area contributed by atoms with Crippen LogP contribution in [0.3, 0.4) is 0 Å². The Morgan fingerprint density at radius 1 is 1.00 bits per heavy atom. The molecule has 1 unspecified atom stereocenters. The number of aliphatic hydroxyl groups is 1. The van der Waals surface area contributed by atoms with E-state index in [9.17, 15) is 27.6 Å². The number of esters is 1. The molecule has 0 radical (unpaired) electrons. The number of nitrogens with two attached hydrogens (primary N) is 1. The summed E-state index contributed by atoms with van der Waals surface area (Å²) in [4.78, 5) is 25.1. The molecule has 5 atom stereocenters. The summed E-state index contributed by atoms with van der Waals surface area (Å²) in [5.74, 6) is -2.59. The van der Waals surface area contributed by atoms with Crippen LogP contribution in [0.1, 0.15) is 109 Å². The minimum Gasteiger partial charge on any atom is -0.465 e. The number of carbonyl (C=O) groups excluding carboxylic acids is 1. The maximum absolute atomic E-state index is 14.6. The van der Waals surface area contributed by atoms with Gasteiger partial charge in [0.25, 0.3) is 0 Å². The second-order valence-corrected chi connectivity index (χ2v) is 16.4. The first kappa shape index (κ1) is 44.0. The van der Waals surface area contributed by atoms with Gasteiger partial charge in [-0.1, -0.05) is 95.8 Å². The molecule has 0 aliphatic carbocycles. The summed E-state index contributed by atoms with van der Waals surface area (Å²) in [5.41, 5.74) is 4.56. The number of hydrogen-bond acceptors (Lipinski definition) is 11. The predicted molar refractivity (Wildman–Crippen MR) is 208 cm³/mol. The van der Waals surface area contributed by atoms with E-state index >= 15 is 0 Å². The van der Waals surface area contributed by atoms with Gasteiger partial charge in [-0.2, -0.15) is 19.4 Å². The van der Waals surface area contributed by atoms with Crippen molar-refractivity contribution in [2.24, 2.45) is 0 Å². The number of fused-ring (bicyclic) bond motifs is 1. The summed E-state index contributed by atoms with van der Waals surface area (Å²) < 4.78 is 82.2. The molecule has 0 spiro atoms. The van der Waals surface area contributed by atoms with E-state index in [4.69, 9.17) is 24.3 Å². The molecule has 13 nitrogen and oxygen atoms in total. The number of nitrogens with one attached hydrogen (secondary N) is 1. The van der Waals surface area contributed by atoms with Gasteiger partial charge in [0.2, 0.25) is 0 Å². The number of aliphatic hydroxyl groups excluding tert-OH is 1. The first-order chi connectivity index (χ1) is 27.4. The lowest BCUT2D eigenvalue weighted by atomic mass is 10.0. The van der Waals surface area contributed by atoms with Crippen LogP contribution in [0.5, 0.6) is 5.75 Å². The summed E-state index contributed by atoms with van der Waals surface area (Å²) in [6.45, 7) is 3.28. The number of nitrogen functional groups attached to an aromatic ring is 1. The van der Waals surface area contributed by atoms with Crippen molar-refractivity contribution in [2.75, 3.05) is 18.9 Å². The molecule has 2 aromatic carbocycles. The van der Waals surface area contributed by atoms with E-state index in [2.05, 4.69) is 27.0 Å². The number of aromatic nitrogens is 4.